The van der Waals surface area contributed by atoms with Gasteiger partial charge in [-0.2, -0.15) is 13.2 Å². The number of amides is 2. The first-order valence-corrected chi connectivity index (χ1v) is 13.5. The van der Waals surface area contributed by atoms with Crippen molar-refractivity contribution in [3.05, 3.63) is 88.0 Å². The summed E-state index contributed by atoms with van der Waals surface area (Å²) in [4.78, 5) is 36.3. The molecule has 1 aromatic carbocycles. The molecule has 2 aromatic heterocycles. The minimum absolute atomic E-state index is 0.00416. The third-order valence-corrected chi connectivity index (χ3v) is 8.00. The lowest BCUT2D eigenvalue weighted by Gasteiger charge is -2.31. The van der Waals surface area contributed by atoms with Crippen LogP contribution < -0.4 is 5.32 Å². The molecule has 0 spiro atoms. The number of aromatic nitrogens is 2. The largest absolute Gasteiger partial charge is 0.416 e. The number of thiazole rings is 1. The Balaban J connectivity index is 1.34. The Morgan fingerprint density at radius 3 is 2.68 bits per heavy atom. The van der Waals surface area contributed by atoms with Gasteiger partial charge in [-0.1, -0.05) is 24.3 Å². The van der Waals surface area contributed by atoms with Gasteiger partial charge in [0.25, 0.3) is 11.8 Å². The van der Waals surface area contributed by atoms with E-state index in [0.717, 1.165) is 11.1 Å². The highest BCUT2D eigenvalue weighted by Gasteiger charge is 2.33. The normalized spacial score (nSPS) is 14.4. The first-order chi connectivity index (χ1) is 17.8. The van der Waals surface area contributed by atoms with Gasteiger partial charge in [-0.3, -0.25) is 9.59 Å². The number of halogens is 3. The Labute approximate surface area is 221 Å². The smallest absolute Gasteiger partial charge is 0.347 e. The third-order valence-electron chi connectivity index (χ3n) is 5.99. The average molecular weight is 547 g/mol. The topological polar surface area (TPSA) is 75.2 Å². The number of nitrogens with zero attached hydrogens (tertiary/aromatic N) is 3. The van der Waals surface area contributed by atoms with Crippen molar-refractivity contribution in [2.24, 2.45) is 0 Å². The van der Waals surface area contributed by atoms with Crippen LogP contribution in [-0.4, -0.2) is 45.5 Å². The first-order valence-electron chi connectivity index (χ1n) is 11.6. The SMILES string of the molecule is C=CCSc1ncccc1C(=O)N1CCC(c2nc(C(=O)NCc3ccccc3C(F)(F)F)cs2)CC1. The van der Waals surface area contributed by atoms with Gasteiger partial charge in [0.2, 0.25) is 0 Å². The third kappa shape index (κ3) is 6.58. The van der Waals surface area contributed by atoms with Crippen LogP contribution in [0.25, 0.3) is 0 Å². The van der Waals surface area contributed by atoms with Crippen LogP contribution in [0.1, 0.15) is 55.7 Å². The van der Waals surface area contributed by atoms with Crippen molar-refractivity contribution in [2.75, 3.05) is 18.8 Å². The number of thioether (sulfide) groups is 1. The number of pyridine rings is 1. The molecule has 0 saturated carbocycles. The summed E-state index contributed by atoms with van der Waals surface area (Å²) in [7, 11) is 0. The Kier molecular flexibility index (Phi) is 8.65. The summed E-state index contributed by atoms with van der Waals surface area (Å²) in [6.07, 6.45) is 0.348. The van der Waals surface area contributed by atoms with Crippen LogP contribution in [0.5, 0.6) is 0 Å². The molecule has 0 aliphatic carbocycles. The number of carbonyl (C=O) groups excluding carboxylic acids is 2. The first kappa shape index (κ1) is 26.9. The van der Waals surface area contributed by atoms with E-state index in [0.29, 0.717) is 42.3 Å². The van der Waals surface area contributed by atoms with Crippen LogP contribution in [-0.2, 0) is 12.7 Å². The quantitative estimate of drug-likeness (QED) is 0.286. The molecule has 3 heterocycles. The maximum atomic E-state index is 13.2. The highest BCUT2D eigenvalue weighted by Crippen LogP contribution is 2.33. The zero-order valence-corrected chi connectivity index (χ0v) is 21.5. The van der Waals surface area contributed by atoms with Crippen molar-refractivity contribution >= 4 is 34.9 Å². The summed E-state index contributed by atoms with van der Waals surface area (Å²) < 4.78 is 39.6. The van der Waals surface area contributed by atoms with Crippen molar-refractivity contribution in [2.45, 2.75) is 36.5 Å². The van der Waals surface area contributed by atoms with Crippen LogP contribution in [0.4, 0.5) is 13.2 Å². The Hall–Kier alpha value is -3.18. The summed E-state index contributed by atoms with van der Waals surface area (Å²) in [6.45, 7) is 4.57. The lowest BCUT2D eigenvalue weighted by molar-refractivity contribution is -0.138. The van der Waals surface area contributed by atoms with Gasteiger partial charge in [0.05, 0.1) is 16.1 Å². The number of rotatable bonds is 8. The summed E-state index contributed by atoms with van der Waals surface area (Å²) in [6, 6.07) is 8.70. The van der Waals surface area contributed by atoms with Crippen molar-refractivity contribution in [3.63, 3.8) is 0 Å². The van der Waals surface area contributed by atoms with E-state index in [1.165, 1.54) is 41.3 Å². The highest BCUT2D eigenvalue weighted by atomic mass is 32.2. The summed E-state index contributed by atoms with van der Waals surface area (Å²) in [5, 5.41) is 5.64. The van der Waals surface area contributed by atoms with Crippen molar-refractivity contribution in [1.82, 2.24) is 20.2 Å². The van der Waals surface area contributed by atoms with Crippen molar-refractivity contribution in [3.8, 4) is 0 Å². The summed E-state index contributed by atoms with van der Waals surface area (Å²) in [5.74, 6) is 0.184. The molecule has 4 rings (SSSR count). The molecule has 0 bridgehead atoms. The van der Waals surface area contributed by atoms with Crippen LogP contribution in [0, 0.1) is 0 Å². The molecular formula is C26H25F3N4O2S2. The monoisotopic (exact) mass is 546 g/mol. The maximum absolute atomic E-state index is 13.2. The van der Waals surface area contributed by atoms with Crippen LogP contribution in [0.2, 0.25) is 0 Å². The molecular weight excluding hydrogens is 521 g/mol. The summed E-state index contributed by atoms with van der Waals surface area (Å²) >= 11 is 2.82. The molecule has 0 unspecified atom stereocenters. The van der Waals surface area contributed by atoms with Gasteiger partial charge in [-0.25, -0.2) is 9.97 Å². The van der Waals surface area contributed by atoms with Gasteiger partial charge in [-0.15, -0.1) is 29.7 Å². The predicted octanol–water partition coefficient (Wildman–Crippen LogP) is 5.78. The zero-order chi connectivity index (χ0) is 26.4. The number of likely N-dealkylation sites (tertiary alicyclic amines) is 1. The van der Waals surface area contributed by atoms with E-state index in [9.17, 15) is 22.8 Å². The molecule has 2 amide bonds. The van der Waals surface area contributed by atoms with Gasteiger partial charge >= 0.3 is 6.18 Å². The van der Waals surface area contributed by atoms with Crippen molar-refractivity contribution < 1.29 is 22.8 Å². The van der Waals surface area contributed by atoms with E-state index in [-0.39, 0.29) is 29.6 Å². The summed E-state index contributed by atoms with van der Waals surface area (Å²) in [5.41, 5.74) is -0.0147. The molecule has 1 aliphatic rings. The number of alkyl halides is 3. The zero-order valence-electron chi connectivity index (χ0n) is 19.8. The van der Waals surface area contributed by atoms with Crippen LogP contribution in [0.15, 0.2) is 65.7 Å². The average Bonchev–Trinajstić information content (AvgIpc) is 3.41. The molecule has 0 atom stereocenters. The van der Waals surface area contributed by atoms with Gasteiger partial charge < -0.3 is 10.2 Å². The molecule has 1 N–H and O–H groups in total. The van der Waals surface area contributed by atoms with Gasteiger partial charge in [0.15, 0.2) is 0 Å². The second kappa shape index (κ2) is 11.9. The molecule has 1 fully saturated rings. The molecule has 11 heteroatoms. The highest BCUT2D eigenvalue weighted by molar-refractivity contribution is 7.99. The Morgan fingerprint density at radius 1 is 1.19 bits per heavy atom. The Morgan fingerprint density at radius 2 is 1.95 bits per heavy atom. The van der Waals surface area contributed by atoms with Crippen LogP contribution >= 0.6 is 23.1 Å². The second-order valence-electron chi connectivity index (χ2n) is 8.43. The Bertz CT molecular complexity index is 1270. The number of benzene rings is 1. The molecule has 37 heavy (non-hydrogen) atoms. The van der Waals surface area contributed by atoms with E-state index >= 15 is 0 Å². The minimum Gasteiger partial charge on any atom is -0.347 e. The number of hydrogen-bond acceptors (Lipinski definition) is 6. The van der Waals surface area contributed by atoms with Gasteiger partial charge in [0, 0.05) is 42.9 Å². The fraction of sp³-hybridized carbons (Fsp3) is 0.308. The molecule has 6 nitrogen and oxygen atoms in total. The minimum atomic E-state index is -4.49. The molecule has 0 radical (unpaired) electrons. The lowest BCUT2D eigenvalue weighted by Crippen LogP contribution is -2.38. The molecule has 3 aromatic rings. The van der Waals surface area contributed by atoms with E-state index in [1.54, 1.807) is 29.8 Å². The molecule has 1 aliphatic heterocycles. The molecule has 194 valence electrons. The van der Waals surface area contributed by atoms with E-state index in [2.05, 4.69) is 21.9 Å². The maximum Gasteiger partial charge on any atom is 0.416 e. The number of carbonyl (C=O) groups is 2. The van der Waals surface area contributed by atoms with E-state index in [4.69, 9.17) is 0 Å². The number of nitrogens with one attached hydrogen (secondary N) is 1. The lowest BCUT2D eigenvalue weighted by atomic mass is 9.97. The van der Waals surface area contributed by atoms with Gasteiger partial charge in [0.1, 0.15) is 10.7 Å². The number of piperidine rings is 1. The van der Waals surface area contributed by atoms with E-state index in [1.807, 2.05) is 4.90 Å². The van der Waals surface area contributed by atoms with E-state index < -0.39 is 17.6 Å². The number of hydrogen-bond donors (Lipinski definition) is 1. The second-order valence-corrected chi connectivity index (χ2v) is 10.3. The van der Waals surface area contributed by atoms with Gasteiger partial charge in [-0.05, 0) is 36.6 Å². The predicted molar refractivity (Wildman–Crippen MR) is 138 cm³/mol. The standard InChI is InChI=1S/C26H25F3N4O2S2/c1-2-14-36-24-19(7-5-11-30-24)25(35)33-12-9-17(10-13-33)23-32-21(16-37-23)22(34)31-15-18-6-3-4-8-20(18)26(27,28)29/h2-8,11,16-17H,1,9-10,12-15H2,(H,31,34). The molecule has 1 saturated heterocycles. The van der Waals surface area contributed by atoms with Crippen LogP contribution in [0.3, 0.4) is 0 Å². The van der Waals surface area contributed by atoms with Crippen molar-refractivity contribution in [1.29, 1.82) is 0 Å². The fourth-order valence-electron chi connectivity index (χ4n) is 4.10. The fourth-order valence-corrected chi connectivity index (χ4v) is 5.80.